The molecule has 0 N–H and O–H groups in total. The predicted molar refractivity (Wildman–Crippen MR) is 119 cm³/mol. The Hall–Kier alpha value is -2.76. The van der Waals surface area contributed by atoms with Gasteiger partial charge in [-0.3, -0.25) is 0 Å². The summed E-state index contributed by atoms with van der Waals surface area (Å²) < 4.78 is 0. The van der Waals surface area contributed by atoms with E-state index >= 15 is 0 Å². The highest BCUT2D eigenvalue weighted by atomic mass is 16.3. The Balaban J connectivity index is 1.56. The van der Waals surface area contributed by atoms with Crippen LogP contribution in [0.25, 0.3) is 0 Å². The van der Waals surface area contributed by atoms with Gasteiger partial charge in [-0.2, -0.15) is 0 Å². The quantitative estimate of drug-likeness (QED) is 0.561. The lowest BCUT2D eigenvalue weighted by Gasteiger charge is -2.29. The monoisotopic (exact) mass is 392 g/mol. The first-order valence-electron chi connectivity index (χ1n) is 10.7. The molecule has 6 nitrogen and oxygen atoms in total. The van der Waals surface area contributed by atoms with Gasteiger partial charge in [-0.1, -0.05) is 12.1 Å². The minimum Gasteiger partial charge on any atom is -0.371 e. The molecule has 29 heavy (non-hydrogen) atoms. The molecule has 0 saturated carbocycles. The molecule has 2 aromatic rings. The summed E-state index contributed by atoms with van der Waals surface area (Å²) >= 11 is 0. The summed E-state index contributed by atoms with van der Waals surface area (Å²) in [4.78, 5) is 27.6. The summed E-state index contributed by atoms with van der Waals surface area (Å²) in [5, 5.41) is 6.55. The average molecular weight is 393 g/mol. The lowest BCUT2D eigenvalue weighted by Crippen LogP contribution is -2.29. The normalized spacial score (nSPS) is 17.2. The number of piperidine rings is 2. The number of rotatable bonds is 6. The van der Waals surface area contributed by atoms with Gasteiger partial charge in [0.05, 0.1) is 0 Å². The highest BCUT2D eigenvalue weighted by Gasteiger charge is 2.16. The van der Waals surface area contributed by atoms with Gasteiger partial charge in [-0.25, -0.2) is 0 Å². The average Bonchev–Trinajstić information content (AvgIpc) is 2.80. The standard InChI is InChI=1S/C23H28N4O2/c28-24-22-16-20(26-11-3-1-4-12-26)9-7-18(22)15-19-8-10-21(17-23(19)25-29)27-13-5-2-6-14-27/h7-10,16-17H,1-6,11-15H2. The fraction of sp³-hybridized carbons (Fsp3) is 0.478. The van der Waals surface area contributed by atoms with Crippen molar-refractivity contribution in [2.45, 2.75) is 44.9 Å². The van der Waals surface area contributed by atoms with Gasteiger partial charge in [0, 0.05) is 44.0 Å². The molecular weight excluding hydrogens is 364 g/mol. The molecule has 0 aliphatic carbocycles. The molecule has 0 amide bonds. The summed E-state index contributed by atoms with van der Waals surface area (Å²) in [6, 6.07) is 11.8. The van der Waals surface area contributed by atoms with Crippen LogP contribution in [0, 0.1) is 9.81 Å². The molecule has 6 heteroatoms. The van der Waals surface area contributed by atoms with Crippen molar-refractivity contribution in [2.75, 3.05) is 36.0 Å². The molecule has 2 aliphatic heterocycles. The van der Waals surface area contributed by atoms with Gasteiger partial charge in [-0.05, 0) is 84.3 Å². The van der Waals surface area contributed by atoms with Crippen molar-refractivity contribution < 1.29 is 0 Å². The first-order chi connectivity index (χ1) is 14.3. The van der Waals surface area contributed by atoms with Crippen LogP contribution in [0.4, 0.5) is 22.7 Å². The summed E-state index contributed by atoms with van der Waals surface area (Å²) in [6.45, 7) is 4.09. The molecule has 2 aliphatic rings. The molecule has 2 heterocycles. The van der Waals surface area contributed by atoms with E-state index in [1.54, 1.807) is 0 Å². The molecule has 0 aromatic heterocycles. The Morgan fingerprint density at radius 1 is 0.621 bits per heavy atom. The minimum absolute atomic E-state index is 0.449. The minimum atomic E-state index is 0.449. The van der Waals surface area contributed by atoms with Crippen LogP contribution in [0.2, 0.25) is 0 Å². The van der Waals surface area contributed by atoms with Gasteiger partial charge in [0.1, 0.15) is 11.4 Å². The van der Waals surface area contributed by atoms with Crippen LogP contribution in [-0.4, -0.2) is 26.2 Å². The van der Waals surface area contributed by atoms with E-state index in [1.807, 2.05) is 24.3 Å². The van der Waals surface area contributed by atoms with E-state index in [-0.39, 0.29) is 0 Å². The molecule has 0 bridgehead atoms. The van der Waals surface area contributed by atoms with E-state index in [1.165, 1.54) is 38.5 Å². The Morgan fingerprint density at radius 3 is 1.41 bits per heavy atom. The fourth-order valence-corrected chi connectivity index (χ4v) is 4.48. The number of nitrogens with zero attached hydrogens (tertiary/aromatic N) is 4. The number of anilines is 2. The molecule has 2 fully saturated rings. The van der Waals surface area contributed by atoms with Crippen molar-refractivity contribution in [1.29, 1.82) is 0 Å². The van der Waals surface area contributed by atoms with Crippen molar-refractivity contribution in [2.24, 2.45) is 10.4 Å². The highest BCUT2D eigenvalue weighted by Crippen LogP contribution is 2.33. The van der Waals surface area contributed by atoms with Crippen LogP contribution in [0.5, 0.6) is 0 Å². The van der Waals surface area contributed by atoms with E-state index in [2.05, 4.69) is 32.3 Å². The molecule has 0 radical (unpaired) electrons. The lowest BCUT2D eigenvalue weighted by molar-refractivity contribution is 0.578. The molecule has 2 aromatic carbocycles. The molecule has 0 unspecified atom stereocenters. The summed E-state index contributed by atoms with van der Waals surface area (Å²) in [6.07, 6.45) is 7.74. The second kappa shape index (κ2) is 9.16. The molecule has 152 valence electrons. The van der Waals surface area contributed by atoms with Gasteiger partial charge in [0.15, 0.2) is 0 Å². The van der Waals surface area contributed by atoms with E-state index in [9.17, 15) is 9.81 Å². The first-order valence-corrected chi connectivity index (χ1v) is 10.7. The maximum atomic E-state index is 11.5. The van der Waals surface area contributed by atoms with Gasteiger partial charge >= 0.3 is 0 Å². The van der Waals surface area contributed by atoms with Gasteiger partial charge in [0.25, 0.3) is 0 Å². The maximum Gasteiger partial charge on any atom is 0.113 e. The summed E-state index contributed by atoms with van der Waals surface area (Å²) in [5.74, 6) is 0. The van der Waals surface area contributed by atoms with Crippen molar-refractivity contribution in [3.8, 4) is 0 Å². The number of nitroso groups, excluding NO2 is 2. The predicted octanol–water partition coefficient (Wildman–Crippen LogP) is 6.05. The third-order valence-electron chi connectivity index (χ3n) is 6.16. The van der Waals surface area contributed by atoms with E-state index < -0.39 is 0 Å². The second-order valence-corrected chi connectivity index (χ2v) is 8.08. The lowest BCUT2D eigenvalue weighted by atomic mass is 10.00. The Kier molecular flexibility index (Phi) is 6.17. The Morgan fingerprint density at radius 2 is 1.03 bits per heavy atom. The van der Waals surface area contributed by atoms with Gasteiger partial charge in [0.2, 0.25) is 0 Å². The zero-order valence-electron chi connectivity index (χ0n) is 16.8. The van der Waals surface area contributed by atoms with Gasteiger partial charge in [-0.15, -0.1) is 9.81 Å². The van der Waals surface area contributed by atoms with Crippen LogP contribution in [0.15, 0.2) is 46.8 Å². The fourth-order valence-electron chi connectivity index (χ4n) is 4.48. The SMILES string of the molecule is O=Nc1cc(N2CCCCC2)ccc1Cc1ccc(N2CCCCC2)cc1N=O. The van der Waals surface area contributed by atoms with Gasteiger partial charge < -0.3 is 9.80 Å². The topological polar surface area (TPSA) is 65.3 Å². The molecular formula is C23H28N4O2. The van der Waals surface area contributed by atoms with Crippen molar-refractivity contribution in [3.05, 3.63) is 57.3 Å². The third-order valence-corrected chi connectivity index (χ3v) is 6.16. The van der Waals surface area contributed by atoms with Crippen molar-refractivity contribution >= 4 is 22.7 Å². The molecule has 0 spiro atoms. The smallest absolute Gasteiger partial charge is 0.113 e. The van der Waals surface area contributed by atoms with E-state index in [0.717, 1.165) is 48.7 Å². The van der Waals surface area contributed by atoms with Crippen LogP contribution >= 0.6 is 0 Å². The molecule has 4 rings (SSSR count). The maximum absolute atomic E-state index is 11.5. The summed E-state index contributed by atoms with van der Waals surface area (Å²) in [7, 11) is 0. The van der Waals surface area contributed by atoms with Crippen LogP contribution in [0.1, 0.15) is 49.7 Å². The number of benzene rings is 2. The van der Waals surface area contributed by atoms with E-state index in [4.69, 9.17) is 0 Å². The Labute approximate surface area is 171 Å². The van der Waals surface area contributed by atoms with E-state index in [0.29, 0.717) is 17.8 Å². The Bertz CT molecular complexity index is 800. The summed E-state index contributed by atoms with van der Waals surface area (Å²) in [5.41, 5.74) is 4.66. The van der Waals surface area contributed by atoms with Crippen LogP contribution in [-0.2, 0) is 6.42 Å². The molecule has 0 atom stereocenters. The number of hydrogen-bond acceptors (Lipinski definition) is 6. The van der Waals surface area contributed by atoms with Crippen LogP contribution in [0.3, 0.4) is 0 Å². The van der Waals surface area contributed by atoms with Crippen molar-refractivity contribution in [1.82, 2.24) is 0 Å². The second-order valence-electron chi connectivity index (χ2n) is 8.08. The van der Waals surface area contributed by atoms with Crippen molar-refractivity contribution in [3.63, 3.8) is 0 Å². The van der Waals surface area contributed by atoms with Crippen LogP contribution < -0.4 is 9.80 Å². The zero-order valence-corrected chi connectivity index (χ0v) is 16.8. The highest BCUT2D eigenvalue weighted by molar-refractivity contribution is 5.64. The molecule has 2 saturated heterocycles. The zero-order chi connectivity index (χ0) is 20.1. The number of hydrogen-bond donors (Lipinski definition) is 0. The largest absolute Gasteiger partial charge is 0.371 e. The first kappa shape index (κ1) is 19.6. The third kappa shape index (κ3) is 4.47.